The van der Waals surface area contributed by atoms with Gasteiger partial charge < -0.3 is 9.46 Å². The Morgan fingerprint density at radius 2 is 1.53 bits per heavy atom. The van der Waals surface area contributed by atoms with Gasteiger partial charge in [-0.15, -0.1) is 0 Å². The number of benzene rings is 4. The van der Waals surface area contributed by atoms with E-state index in [-0.39, 0.29) is 6.04 Å². The fraction of sp³-hybridized carbons (Fsp3) is 0.150. The van der Waals surface area contributed by atoms with Crippen molar-refractivity contribution in [2.24, 2.45) is 0 Å². The molecule has 1 aliphatic heterocycles. The van der Waals surface area contributed by atoms with E-state index in [9.17, 15) is 0 Å². The number of hydrogen-bond acceptors (Lipinski definition) is 2. The Labute approximate surface area is 254 Å². The fourth-order valence-corrected chi connectivity index (χ4v) is 10.6. The molecule has 0 saturated heterocycles. The minimum absolute atomic E-state index is 0.135. The van der Waals surface area contributed by atoms with Crippen LogP contribution in [0.3, 0.4) is 0 Å². The summed E-state index contributed by atoms with van der Waals surface area (Å²) >= 11 is 0. The van der Waals surface area contributed by atoms with Crippen LogP contribution in [-0.2, 0) is 4.57 Å². The van der Waals surface area contributed by atoms with Crippen molar-refractivity contribution in [3.63, 3.8) is 0 Å². The number of likely N-dealkylation sites (N-methyl/N-ethyl adjacent to an activating group) is 1. The highest BCUT2D eigenvalue weighted by Crippen LogP contribution is 2.64. The molecule has 8 rings (SSSR count). The molecular weight excluding hydrogens is 541 g/mol. The topological polar surface area (TPSA) is 20.3 Å². The summed E-state index contributed by atoms with van der Waals surface area (Å²) in [5, 5.41) is 5.64. The van der Waals surface area contributed by atoms with Crippen LogP contribution in [0.25, 0.3) is 22.4 Å². The zero-order valence-corrected chi connectivity index (χ0v) is 25.3. The van der Waals surface area contributed by atoms with Crippen molar-refractivity contribution >= 4 is 40.6 Å². The average molecular weight is 576 g/mol. The van der Waals surface area contributed by atoms with Crippen LogP contribution in [0.1, 0.15) is 48.4 Å². The zero-order chi connectivity index (χ0) is 29.0. The van der Waals surface area contributed by atoms with Crippen molar-refractivity contribution < 1.29 is 4.57 Å². The Bertz CT molecular complexity index is 2020. The molecule has 2 unspecified atom stereocenters. The van der Waals surface area contributed by atoms with Gasteiger partial charge in [0.25, 0.3) is 0 Å². The van der Waals surface area contributed by atoms with E-state index in [4.69, 9.17) is 0 Å². The van der Waals surface area contributed by atoms with Crippen LogP contribution < -0.4 is 10.2 Å². The maximum absolute atomic E-state index is 15.1. The average Bonchev–Trinajstić information content (AvgIpc) is 3.08. The monoisotopic (exact) mass is 575 g/mol. The maximum atomic E-state index is 15.1. The number of anilines is 1. The van der Waals surface area contributed by atoms with Crippen LogP contribution in [0.15, 0.2) is 149 Å². The highest BCUT2D eigenvalue weighted by molar-refractivity contribution is 7.79. The first-order chi connectivity index (χ1) is 21.1. The van der Waals surface area contributed by atoms with Crippen LogP contribution in [0, 0.1) is 0 Å². The largest absolute Gasteiger partial charge is 0.362 e. The molecule has 0 bridgehead atoms. The van der Waals surface area contributed by atoms with E-state index in [2.05, 4.69) is 127 Å². The summed E-state index contributed by atoms with van der Waals surface area (Å²) in [6, 6.07) is 32.4. The Kier molecular flexibility index (Phi) is 6.35. The summed E-state index contributed by atoms with van der Waals surface area (Å²) in [6.07, 6.45) is 18.9. The molecule has 1 heterocycles. The summed E-state index contributed by atoms with van der Waals surface area (Å²) in [5.41, 5.74) is 9.21. The minimum Gasteiger partial charge on any atom is -0.362 e. The predicted octanol–water partition coefficient (Wildman–Crippen LogP) is 10.3. The van der Waals surface area contributed by atoms with Gasteiger partial charge in [-0.3, -0.25) is 0 Å². The summed E-state index contributed by atoms with van der Waals surface area (Å²) < 4.78 is 15.1. The first-order valence-electron chi connectivity index (χ1n) is 15.3. The van der Waals surface area contributed by atoms with Gasteiger partial charge >= 0.3 is 0 Å². The minimum atomic E-state index is -2.88. The molecule has 0 radical (unpaired) electrons. The van der Waals surface area contributed by atoms with Gasteiger partial charge in [-0.1, -0.05) is 134 Å². The lowest BCUT2D eigenvalue weighted by molar-refractivity contribution is 0.586. The molecule has 43 heavy (non-hydrogen) atoms. The summed E-state index contributed by atoms with van der Waals surface area (Å²) in [6.45, 7) is 0. The molecule has 3 aliphatic carbocycles. The Morgan fingerprint density at radius 1 is 0.744 bits per heavy atom. The van der Waals surface area contributed by atoms with Crippen molar-refractivity contribution in [3.8, 4) is 0 Å². The van der Waals surface area contributed by atoms with Gasteiger partial charge in [0.2, 0.25) is 0 Å². The van der Waals surface area contributed by atoms with E-state index < -0.39 is 7.14 Å². The molecule has 4 aliphatic rings. The van der Waals surface area contributed by atoms with Gasteiger partial charge in [-0.05, 0) is 69.5 Å². The highest BCUT2D eigenvalue weighted by Gasteiger charge is 2.38. The number of allylic oxidation sites excluding steroid dienone is 9. The Hall–Kier alpha value is -4.39. The van der Waals surface area contributed by atoms with Gasteiger partial charge in [0.1, 0.15) is 0 Å². The second-order valence-electron chi connectivity index (χ2n) is 11.9. The van der Waals surface area contributed by atoms with Crippen molar-refractivity contribution in [1.29, 1.82) is 0 Å². The first kappa shape index (κ1) is 26.3. The third-order valence-electron chi connectivity index (χ3n) is 9.60. The Morgan fingerprint density at radius 3 is 2.35 bits per heavy atom. The standard InChI is InChI=1S/C40H34NOP/c1-41-39-34-18-10-8-12-28(34)22-26-36(39)38(37-27-23-29-13-9-11-19-35(29)40(37)41)30-20-24-33(25-21-30)43(42,31-14-4-2-5-15-31)32-16-6-3-7-17-32/h2-6,8-16,18-20,22-24,26-27,39H,7,17,21,25H2,1H3. The SMILES string of the molecule is CN1c2c(ccc3ccccc23)C(C2=CC=C(P(=O)(C3=CC=CCC3)c3ccccc3)CC2)=C2C=Cc3ccccc3C21. The van der Waals surface area contributed by atoms with Crippen LogP contribution in [-0.4, -0.2) is 7.05 Å². The molecule has 0 spiro atoms. The molecule has 0 saturated carbocycles. The molecular formula is C40H34NOP. The summed E-state index contributed by atoms with van der Waals surface area (Å²) in [5.74, 6) is 0. The van der Waals surface area contributed by atoms with E-state index in [1.807, 2.05) is 18.2 Å². The van der Waals surface area contributed by atoms with E-state index in [1.54, 1.807) is 0 Å². The van der Waals surface area contributed by atoms with Crippen LogP contribution in [0.4, 0.5) is 5.69 Å². The van der Waals surface area contributed by atoms with Gasteiger partial charge in [0.05, 0.1) is 11.7 Å². The van der Waals surface area contributed by atoms with Crippen LogP contribution in [0.2, 0.25) is 0 Å². The third-order valence-corrected chi connectivity index (χ3v) is 13.0. The van der Waals surface area contributed by atoms with Crippen LogP contribution in [0.5, 0.6) is 0 Å². The van der Waals surface area contributed by atoms with Gasteiger partial charge in [-0.25, -0.2) is 0 Å². The fourth-order valence-electron chi connectivity index (χ4n) is 7.57. The maximum Gasteiger partial charge on any atom is 0.163 e. The number of rotatable bonds is 4. The van der Waals surface area contributed by atoms with E-state index in [0.717, 1.165) is 41.6 Å². The molecule has 3 heteroatoms. The molecule has 0 N–H and O–H groups in total. The van der Waals surface area contributed by atoms with Gasteiger partial charge in [-0.2, -0.15) is 0 Å². The predicted molar refractivity (Wildman–Crippen MR) is 183 cm³/mol. The van der Waals surface area contributed by atoms with Gasteiger partial charge in [0, 0.05) is 23.3 Å². The van der Waals surface area contributed by atoms with Crippen LogP contribution >= 0.6 is 7.14 Å². The zero-order valence-electron chi connectivity index (χ0n) is 24.4. The third kappa shape index (κ3) is 4.12. The second kappa shape index (κ2) is 10.4. The highest BCUT2D eigenvalue weighted by atomic mass is 31.2. The quantitative estimate of drug-likeness (QED) is 0.226. The van der Waals surface area contributed by atoms with E-state index in [1.165, 1.54) is 49.9 Å². The van der Waals surface area contributed by atoms with Crippen molar-refractivity contribution in [2.45, 2.75) is 31.7 Å². The normalized spacial score (nSPS) is 20.4. The number of fused-ring (bicyclic) bond motifs is 6. The lowest BCUT2D eigenvalue weighted by atomic mass is 9.76. The smallest absolute Gasteiger partial charge is 0.163 e. The first-order valence-corrected chi connectivity index (χ1v) is 17.0. The molecule has 2 nitrogen and oxygen atoms in total. The Balaban J connectivity index is 1.33. The molecule has 4 aromatic carbocycles. The second-order valence-corrected chi connectivity index (χ2v) is 14.8. The van der Waals surface area contributed by atoms with Crippen molar-refractivity contribution in [1.82, 2.24) is 0 Å². The summed E-state index contributed by atoms with van der Waals surface area (Å²) in [7, 11) is -0.634. The molecule has 0 aromatic heterocycles. The molecule has 2 atom stereocenters. The molecule has 0 fully saturated rings. The molecule has 210 valence electrons. The van der Waals surface area contributed by atoms with Crippen molar-refractivity contribution in [2.75, 3.05) is 11.9 Å². The lowest BCUT2D eigenvalue weighted by Gasteiger charge is -2.42. The number of nitrogens with zero attached hydrogens (tertiary/aromatic N) is 1. The number of hydrogen-bond donors (Lipinski definition) is 0. The van der Waals surface area contributed by atoms with Crippen molar-refractivity contribution in [3.05, 3.63) is 166 Å². The molecule has 4 aromatic rings. The lowest BCUT2D eigenvalue weighted by Crippen LogP contribution is -2.32. The summed E-state index contributed by atoms with van der Waals surface area (Å²) in [4.78, 5) is 2.48. The van der Waals surface area contributed by atoms with E-state index >= 15 is 4.57 Å². The van der Waals surface area contributed by atoms with Gasteiger partial charge in [0.15, 0.2) is 7.14 Å². The van der Waals surface area contributed by atoms with E-state index in [0.29, 0.717) is 0 Å². The molecule has 0 amide bonds.